The van der Waals surface area contributed by atoms with Crippen LogP contribution in [0.25, 0.3) is 0 Å². The molecule has 2 unspecified atom stereocenters. The summed E-state index contributed by atoms with van der Waals surface area (Å²) < 4.78 is 0. The maximum absolute atomic E-state index is 4.88. The zero-order valence-corrected chi connectivity index (χ0v) is 18.8. The van der Waals surface area contributed by atoms with Gasteiger partial charge in [-0.15, -0.1) is 0 Å². The monoisotopic (exact) mass is 382 g/mol. The molecule has 2 aromatic heterocycles. The Morgan fingerprint density at radius 1 is 0.893 bits per heavy atom. The van der Waals surface area contributed by atoms with Gasteiger partial charge in [-0.25, -0.2) is 0 Å². The standard InChI is InChI=1S/C24H38N4/c1-8-18(2)22-14-13-20(16-25-22)24(28(6)7)15-12-19(3)23-11-9-10-21(26-23)17-27(4)5/h9-11,13-14,16,18-19,24H,8,12,15,17H2,1-7H3/t18?,19?,24-/m0/s1. The van der Waals surface area contributed by atoms with E-state index in [1.165, 1.54) is 17.0 Å². The van der Waals surface area contributed by atoms with Crippen molar-refractivity contribution in [2.24, 2.45) is 0 Å². The highest BCUT2D eigenvalue weighted by Crippen LogP contribution is 2.29. The van der Waals surface area contributed by atoms with Gasteiger partial charge in [-0.05, 0) is 83.1 Å². The SMILES string of the molecule is CCC(C)c1ccc([C@H](CCC(C)c2cccc(CN(C)C)n2)N(C)C)cn1. The second-order valence-corrected chi connectivity index (χ2v) is 8.58. The van der Waals surface area contributed by atoms with Crippen molar-refractivity contribution < 1.29 is 0 Å². The molecule has 0 aromatic carbocycles. The first-order valence-electron chi connectivity index (χ1n) is 10.5. The molecule has 0 bridgehead atoms. The fraction of sp³-hybridized carbons (Fsp3) is 0.583. The third-order valence-corrected chi connectivity index (χ3v) is 5.62. The molecule has 0 aliphatic heterocycles. The fourth-order valence-corrected chi connectivity index (χ4v) is 3.58. The Morgan fingerprint density at radius 2 is 1.64 bits per heavy atom. The predicted octanol–water partition coefficient (Wildman–Crippen LogP) is 5.24. The van der Waals surface area contributed by atoms with Crippen LogP contribution in [0.2, 0.25) is 0 Å². The quantitative estimate of drug-likeness (QED) is 0.562. The summed E-state index contributed by atoms with van der Waals surface area (Å²) in [5.74, 6) is 0.962. The third-order valence-electron chi connectivity index (χ3n) is 5.62. The molecule has 2 rings (SSSR count). The number of aromatic nitrogens is 2. The van der Waals surface area contributed by atoms with Gasteiger partial charge < -0.3 is 9.80 Å². The van der Waals surface area contributed by atoms with Crippen LogP contribution in [0.1, 0.15) is 80.6 Å². The number of rotatable bonds is 10. The van der Waals surface area contributed by atoms with E-state index in [9.17, 15) is 0 Å². The highest BCUT2D eigenvalue weighted by atomic mass is 15.1. The van der Waals surface area contributed by atoms with Crippen molar-refractivity contribution in [3.05, 3.63) is 59.2 Å². The molecular formula is C24H38N4. The van der Waals surface area contributed by atoms with Gasteiger partial charge in [-0.1, -0.05) is 32.9 Å². The lowest BCUT2D eigenvalue weighted by Gasteiger charge is -2.26. The van der Waals surface area contributed by atoms with Crippen molar-refractivity contribution in [2.75, 3.05) is 28.2 Å². The van der Waals surface area contributed by atoms with Gasteiger partial charge in [-0.3, -0.25) is 9.97 Å². The first-order chi connectivity index (χ1) is 13.3. The minimum atomic E-state index is 0.380. The minimum absolute atomic E-state index is 0.380. The van der Waals surface area contributed by atoms with Crippen molar-refractivity contribution in [3.63, 3.8) is 0 Å². The van der Waals surface area contributed by atoms with Crippen LogP contribution in [0.5, 0.6) is 0 Å². The highest BCUT2D eigenvalue weighted by molar-refractivity contribution is 5.20. The second kappa shape index (κ2) is 10.7. The first kappa shape index (κ1) is 22.5. The molecule has 0 radical (unpaired) electrons. The zero-order valence-electron chi connectivity index (χ0n) is 18.8. The van der Waals surface area contributed by atoms with Crippen LogP contribution in [-0.4, -0.2) is 48.0 Å². The Labute approximate surface area is 172 Å². The molecule has 0 amide bonds. The molecule has 0 aliphatic carbocycles. The Bertz CT molecular complexity index is 709. The molecule has 0 spiro atoms. The lowest BCUT2D eigenvalue weighted by molar-refractivity contribution is 0.273. The van der Waals surface area contributed by atoms with E-state index in [0.717, 1.165) is 31.5 Å². The Balaban J connectivity index is 2.05. The molecule has 0 saturated heterocycles. The number of hydrogen-bond donors (Lipinski definition) is 0. The lowest BCUT2D eigenvalue weighted by Crippen LogP contribution is -2.21. The Morgan fingerprint density at radius 3 is 2.21 bits per heavy atom. The van der Waals surface area contributed by atoms with E-state index in [1.807, 2.05) is 0 Å². The van der Waals surface area contributed by atoms with Gasteiger partial charge in [0.2, 0.25) is 0 Å². The molecule has 4 nitrogen and oxygen atoms in total. The molecule has 154 valence electrons. The van der Waals surface area contributed by atoms with Crippen LogP contribution in [0, 0.1) is 0 Å². The average molecular weight is 383 g/mol. The van der Waals surface area contributed by atoms with Crippen molar-refractivity contribution >= 4 is 0 Å². The number of pyridine rings is 2. The van der Waals surface area contributed by atoms with E-state index >= 15 is 0 Å². The molecule has 0 fully saturated rings. The van der Waals surface area contributed by atoms with E-state index in [-0.39, 0.29) is 0 Å². The molecule has 0 aliphatic rings. The Hall–Kier alpha value is -1.78. The van der Waals surface area contributed by atoms with Crippen LogP contribution < -0.4 is 0 Å². The van der Waals surface area contributed by atoms with Crippen LogP contribution in [0.3, 0.4) is 0 Å². The van der Waals surface area contributed by atoms with E-state index in [2.05, 4.69) is 95.3 Å². The molecule has 0 N–H and O–H groups in total. The summed E-state index contributed by atoms with van der Waals surface area (Å²) in [6, 6.07) is 11.3. The van der Waals surface area contributed by atoms with E-state index in [1.54, 1.807) is 0 Å². The molecule has 2 heterocycles. The molecular weight excluding hydrogens is 344 g/mol. The zero-order chi connectivity index (χ0) is 20.7. The molecule has 2 aromatic rings. The number of nitrogens with zero attached hydrogens (tertiary/aromatic N) is 4. The normalized spacial score (nSPS) is 15.0. The summed E-state index contributed by atoms with van der Waals surface area (Å²) in [7, 11) is 8.49. The second-order valence-electron chi connectivity index (χ2n) is 8.58. The van der Waals surface area contributed by atoms with Crippen LogP contribution >= 0.6 is 0 Å². The van der Waals surface area contributed by atoms with Crippen molar-refractivity contribution in [2.45, 2.75) is 64.5 Å². The van der Waals surface area contributed by atoms with Crippen molar-refractivity contribution in [1.29, 1.82) is 0 Å². The van der Waals surface area contributed by atoms with E-state index < -0.39 is 0 Å². The van der Waals surface area contributed by atoms with Crippen LogP contribution in [0.15, 0.2) is 36.5 Å². The molecule has 3 atom stereocenters. The average Bonchev–Trinajstić information content (AvgIpc) is 2.67. The lowest BCUT2D eigenvalue weighted by atomic mass is 9.94. The highest BCUT2D eigenvalue weighted by Gasteiger charge is 2.18. The molecule has 28 heavy (non-hydrogen) atoms. The first-order valence-corrected chi connectivity index (χ1v) is 10.5. The van der Waals surface area contributed by atoms with Gasteiger partial charge in [0, 0.05) is 30.2 Å². The molecule has 0 saturated carbocycles. The van der Waals surface area contributed by atoms with Gasteiger partial charge in [-0.2, -0.15) is 0 Å². The Kier molecular flexibility index (Phi) is 8.58. The third kappa shape index (κ3) is 6.39. The summed E-state index contributed by atoms with van der Waals surface area (Å²) in [5.41, 5.74) is 4.84. The summed E-state index contributed by atoms with van der Waals surface area (Å²) in [4.78, 5) is 14.1. The summed E-state index contributed by atoms with van der Waals surface area (Å²) in [6.07, 6.45) is 5.40. The van der Waals surface area contributed by atoms with Gasteiger partial charge in [0.15, 0.2) is 0 Å². The maximum atomic E-state index is 4.88. The van der Waals surface area contributed by atoms with Crippen molar-refractivity contribution in [1.82, 2.24) is 19.8 Å². The van der Waals surface area contributed by atoms with Crippen LogP contribution in [-0.2, 0) is 6.54 Å². The van der Waals surface area contributed by atoms with Crippen LogP contribution in [0.4, 0.5) is 0 Å². The summed E-state index contributed by atoms with van der Waals surface area (Å²) >= 11 is 0. The van der Waals surface area contributed by atoms with E-state index in [4.69, 9.17) is 9.97 Å². The van der Waals surface area contributed by atoms with Gasteiger partial charge in [0.25, 0.3) is 0 Å². The summed E-state index contributed by atoms with van der Waals surface area (Å²) in [6.45, 7) is 7.63. The fourth-order valence-electron chi connectivity index (χ4n) is 3.58. The van der Waals surface area contributed by atoms with Gasteiger partial charge in [0.05, 0.1) is 5.69 Å². The van der Waals surface area contributed by atoms with E-state index in [0.29, 0.717) is 17.9 Å². The van der Waals surface area contributed by atoms with Crippen molar-refractivity contribution in [3.8, 4) is 0 Å². The van der Waals surface area contributed by atoms with Gasteiger partial charge >= 0.3 is 0 Å². The minimum Gasteiger partial charge on any atom is -0.304 e. The number of hydrogen-bond acceptors (Lipinski definition) is 4. The van der Waals surface area contributed by atoms with Gasteiger partial charge in [0.1, 0.15) is 0 Å². The largest absolute Gasteiger partial charge is 0.304 e. The topological polar surface area (TPSA) is 32.3 Å². The predicted molar refractivity (Wildman–Crippen MR) is 119 cm³/mol. The molecule has 4 heteroatoms. The maximum Gasteiger partial charge on any atom is 0.0547 e. The summed E-state index contributed by atoms with van der Waals surface area (Å²) in [5, 5.41) is 0. The smallest absolute Gasteiger partial charge is 0.0547 e.